The minimum atomic E-state index is 0.391. The topological polar surface area (TPSA) is 63.2 Å². The molecule has 1 aliphatic heterocycles. The van der Waals surface area contributed by atoms with Crippen molar-refractivity contribution in [1.29, 1.82) is 0 Å². The average molecular weight is 277 g/mol. The minimum Gasteiger partial charge on any atom is -0.463 e. The zero-order chi connectivity index (χ0) is 14.2. The van der Waals surface area contributed by atoms with E-state index < -0.39 is 0 Å². The molecule has 0 saturated carbocycles. The fraction of sp³-hybridized carbons (Fsp3) is 0.643. The Morgan fingerprint density at radius 1 is 1.30 bits per heavy atom. The smallest absolute Gasteiger partial charge is 0.323 e. The second-order valence-corrected chi connectivity index (χ2v) is 4.79. The molecular weight excluding hydrogens is 254 g/mol. The van der Waals surface area contributed by atoms with Crippen molar-refractivity contribution in [2.45, 2.75) is 32.6 Å². The third-order valence-corrected chi connectivity index (χ3v) is 3.08. The van der Waals surface area contributed by atoms with Crippen LogP contribution >= 0.6 is 0 Å². The van der Waals surface area contributed by atoms with Crippen molar-refractivity contribution in [1.82, 2.24) is 15.0 Å². The van der Waals surface area contributed by atoms with Gasteiger partial charge in [-0.25, -0.2) is 0 Å². The van der Waals surface area contributed by atoms with E-state index in [0.29, 0.717) is 24.5 Å². The SMILES string of the molecule is C=CCCOc1nc(NCCC)nc(N2CCCC2)n1. The molecule has 1 aliphatic rings. The molecule has 0 unspecified atom stereocenters. The monoisotopic (exact) mass is 277 g/mol. The highest BCUT2D eigenvalue weighted by Gasteiger charge is 2.17. The maximum absolute atomic E-state index is 5.57. The van der Waals surface area contributed by atoms with E-state index in [1.165, 1.54) is 12.8 Å². The Bertz CT molecular complexity index is 432. The summed E-state index contributed by atoms with van der Waals surface area (Å²) in [5.41, 5.74) is 0. The fourth-order valence-electron chi connectivity index (χ4n) is 2.02. The summed E-state index contributed by atoms with van der Waals surface area (Å²) in [6.45, 7) is 9.18. The van der Waals surface area contributed by atoms with Gasteiger partial charge in [-0.2, -0.15) is 15.0 Å². The standard InChI is InChI=1S/C14H23N5O/c1-3-5-11-20-14-17-12(15-8-4-2)16-13(18-14)19-9-6-7-10-19/h3H,1,4-11H2,2H3,(H,15,16,17,18). The van der Waals surface area contributed by atoms with E-state index in [9.17, 15) is 0 Å². The lowest BCUT2D eigenvalue weighted by molar-refractivity contribution is 0.298. The summed E-state index contributed by atoms with van der Waals surface area (Å²) in [4.78, 5) is 15.4. The molecule has 2 rings (SSSR count). The Labute approximate surface area is 120 Å². The van der Waals surface area contributed by atoms with Gasteiger partial charge in [0, 0.05) is 19.6 Å². The fourth-order valence-corrected chi connectivity index (χ4v) is 2.02. The molecule has 1 aromatic rings. The van der Waals surface area contributed by atoms with Crippen molar-refractivity contribution in [2.24, 2.45) is 0 Å². The Morgan fingerprint density at radius 3 is 2.80 bits per heavy atom. The normalized spacial score (nSPS) is 14.3. The lowest BCUT2D eigenvalue weighted by atomic mass is 10.4. The van der Waals surface area contributed by atoms with Gasteiger partial charge in [-0.05, 0) is 25.7 Å². The van der Waals surface area contributed by atoms with Crippen LogP contribution in [0.4, 0.5) is 11.9 Å². The van der Waals surface area contributed by atoms with Crippen LogP contribution in [0.25, 0.3) is 0 Å². The molecule has 110 valence electrons. The molecule has 0 atom stereocenters. The molecular formula is C14H23N5O. The highest BCUT2D eigenvalue weighted by atomic mass is 16.5. The number of ether oxygens (including phenoxy) is 1. The van der Waals surface area contributed by atoms with Crippen LogP contribution < -0.4 is 15.0 Å². The van der Waals surface area contributed by atoms with Gasteiger partial charge in [-0.3, -0.25) is 0 Å². The first-order valence-electron chi connectivity index (χ1n) is 7.32. The predicted molar refractivity (Wildman–Crippen MR) is 80.4 cm³/mol. The van der Waals surface area contributed by atoms with Gasteiger partial charge in [0.2, 0.25) is 11.9 Å². The first-order valence-corrected chi connectivity index (χ1v) is 7.32. The third kappa shape index (κ3) is 4.08. The largest absolute Gasteiger partial charge is 0.463 e. The van der Waals surface area contributed by atoms with Gasteiger partial charge in [0.25, 0.3) is 0 Å². The van der Waals surface area contributed by atoms with Crippen LogP contribution in [-0.2, 0) is 0 Å². The second kappa shape index (κ2) is 7.67. The molecule has 1 N–H and O–H groups in total. The predicted octanol–water partition coefficient (Wildman–Crippen LogP) is 2.25. The van der Waals surface area contributed by atoms with E-state index in [1.54, 1.807) is 0 Å². The summed E-state index contributed by atoms with van der Waals surface area (Å²) in [6, 6.07) is 0.391. The van der Waals surface area contributed by atoms with Crippen molar-refractivity contribution >= 4 is 11.9 Å². The summed E-state index contributed by atoms with van der Waals surface area (Å²) in [5, 5.41) is 3.20. The number of nitrogens with one attached hydrogen (secondary N) is 1. The number of hydrogen-bond acceptors (Lipinski definition) is 6. The number of hydrogen-bond donors (Lipinski definition) is 1. The molecule has 0 bridgehead atoms. The zero-order valence-electron chi connectivity index (χ0n) is 12.1. The first kappa shape index (κ1) is 14.6. The van der Waals surface area contributed by atoms with Crippen molar-refractivity contribution in [3.05, 3.63) is 12.7 Å². The zero-order valence-corrected chi connectivity index (χ0v) is 12.1. The molecule has 20 heavy (non-hydrogen) atoms. The molecule has 0 aliphatic carbocycles. The van der Waals surface area contributed by atoms with Crippen LogP contribution in [0.1, 0.15) is 32.6 Å². The summed E-state index contributed by atoms with van der Waals surface area (Å²) in [5.74, 6) is 1.31. The maximum Gasteiger partial charge on any atom is 0.323 e. The van der Waals surface area contributed by atoms with E-state index in [1.807, 2.05) is 6.08 Å². The molecule has 6 nitrogen and oxygen atoms in total. The Hall–Kier alpha value is -1.85. The molecule has 2 heterocycles. The summed E-state index contributed by atoms with van der Waals surface area (Å²) < 4.78 is 5.57. The summed E-state index contributed by atoms with van der Waals surface area (Å²) in [6.07, 6.45) is 6.00. The van der Waals surface area contributed by atoms with Crippen LogP contribution in [0.2, 0.25) is 0 Å². The van der Waals surface area contributed by atoms with Crippen molar-refractivity contribution in [3.63, 3.8) is 0 Å². The first-order chi connectivity index (χ1) is 9.83. The van der Waals surface area contributed by atoms with Crippen molar-refractivity contribution in [2.75, 3.05) is 36.5 Å². The van der Waals surface area contributed by atoms with Gasteiger partial charge in [0.1, 0.15) is 0 Å². The molecule has 0 spiro atoms. The molecule has 0 amide bonds. The summed E-state index contributed by atoms with van der Waals surface area (Å²) in [7, 11) is 0. The number of aromatic nitrogens is 3. The van der Waals surface area contributed by atoms with Crippen LogP contribution in [0.3, 0.4) is 0 Å². The average Bonchev–Trinajstić information content (AvgIpc) is 2.99. The minimum absolute atomic E-state index is 0.391. The lowest BCUT2D eigenvalue weighted by Crippen LogP contribution is -2.22. The van der Waals surface area contributed by atoms with Gasteiger partial charge in [-0.1, -0.05) is 13.0 Å². The third-order valence-electron chi connectivity index (χ3n) is 3.08. The maximum atomic E-state index is 5.57. The van der Waals surface area contributed by atoms with E-state index in [4.69, 9.17) is 4.74 Å². The van der Waals surface area contributed by atoms with Gasteiger partial charge >= 0.3 is 6.01 Å². The van der Waals surface area contributed by atoms with E-state index in [0.717, 1.165) is 32.5 Å². The quantitative estimate of drug-likeness (QED) is 0.581. The van der Waals surface area contributed by atoms with Crippen LogP contribution in [0.15, 0.2) is 12.7 Å². The molecule has 0 radical (unpaired) electrons. The molecule has 0 aromatic carbocycles. The van der Waals surface area contributed by atoms with E-state index >= 15 is 0 Å². The molecule has 6 heteroatoms. The molecule has 1 saturated heterocycles. The summed E-state index contributed by atoms with van der Waals surface area (Å²) >= 11 is 0. The van der Waals surface area contributed by atoms with Crippen LogP contribution in [0, 0.1) is 0 Å². The van der Waals surface area contributed by atoms with Crippen molar-refractivity contribution in [3.8, 4) is 6.01 Å². The molecule has 1 aromatic heterocycles. The van der Waals surface area contributed by atoms with Gasteiger partial charge < -0.3 is 15.0 Å². The van der Waals surface area contributed by atoms with Gasteiger partial charge in [-0.15, -0.1) is 6.58 Å². The molecule has 1 fully saturated rings. The van der Waals surface area contributed by atoms with Crippen LogP contribution in [-0.4, -0.2) is 41.2 Å². The lowest BCUT2D eigenvalue weighted by Gasteiger charge is -2.16. The number of nitrogens with zero attached hydrogens (tertiary/aromatic N) is 4. The Kier molecular flexibility index (Phi) is 5.58. The number of rotatable bonds is 8. The highest BCUT2D eigenvalue weighted by Crippen LogP contribution is 2.19. The second-order valence-electron chi connectivity index (χ2n) is 4.79. The van der Waals surface area contributed by atoms with E-state index in [2.05, 4.69) is 38.7 Å². The Morgan fingerprint density at radius 2 is 2.10 bits per heavy atom. The van der Waals surface area contributed by atoms with Gasteiger partial charge in [0.15, 0.2) is 0 Å². The van der Waals surface area contributed by atoms with E-state index in [-0.39, 0.29) is 0 Å². The van der Waals surface area contributed by atoms with Gasteiger partial charge in [0.05, 0.1) is 6.61 Å². The van der Waals surface area contributed by atoms with Crippen LogP contribution in [0.5, 0.6) is 6.01 Å². The Balaban J connectivity index is 2.11. The van der Waals surface area contributed by atoms with Crippen molar-refractivity contribution < 1.29 is 4.74 Å². The highest BCUT2D eigenvalue weighted by molar-refractivity contribution is 5.39. The number of anilines is 2.